The number of carbonyl (C=O) groups is 4. The van der Waals surface area contributed by atoms with E-state index in [0.29, 0.717) is 36.7 Å². The predicted molar refractivity (Wildman–Crippen MR) is 108 cm³/mol. The summed E-state index contributed by atoms with van der Waals surface area (Å²) in [6.07, 6.45) is 1.78. The first-order valence-corrected chi connectivity index (χ1v) is 10.4. The van der Waals surface area contributed by atoms with Gasteiger partial charge in [-0.3, -0.25) is 19.3 Å². The van der Waals surface area contributed by atoms with Gasteiger partial charge in [0.05, 0.1) is 6.61 Å². The number of ketones is 1. The number of Topliss-reactive ketones (excluding diaryl/α,β-unsaturated/α-hetero) is 1. The topological polar surface area (TPSA) is 102 Å². The summed E-state index contributed by atoms with van der Waals surface area (Å²) in [4.78, 5) is 50.9. The van der Waals surface area contributed by atoms with Gasteiger partial charge in [-0.05, 0) is 69.7 Å². The number of hydrogen-bond acceptors (Lipinski definition) is 6. The van der Waals surface area contributed by atoms with Crippen LogP contribution in [0.25, 0.3) is 0 Å². The van der Waals surface area contributed by atoms with Crippen molar-refractivity contribution >= 4 is 23.7 Å². The average Bonchev–Trinajstić information content (AvgIpc) is 2.94. The van der Waals surface area contributed by atoms with Crippen LogP contribution in [0.2, 0.25) is 0 Å². The molecule has 1 aliphatic carbocycles. The summed E-state index contributed by atoms with van der Waals surface area (Å²) < 4.78 is 10.5. The van der Waals surface area contributed by atoms with Gasteiger partial charge >= 0.3 is 12.0 Å². The standard InChI is InChI=1S/C22H28N2O6/c1-4-29-17-7-5-16(6-8-17)19(26)15(3)30-18(25)13-24-20(27)22(23-21(24)28)11-9-14(2)10-12-22/h5-8,14-15H,4,9-13H2,1-3H3,(H,23,28)/t14?,15-,22?/m1/s1. The summed E-state index contributed by atoms with van der Waals surface area (Å²) >= 11 is 0. The number of rotatable bonds is 7. The second kappa shape index (κ2) is 8.85. The lowest BCUT2D eigenvalue weighted by Crippen LogP contribution is -2.49. The van der Waals surface area contributed by atoms with E-state index in [9.17, 15) is 19.2 Å². The Labute approximate surface area is 175 Å². The molecule has 8 nitrogen and oxygen atoms in total. The third-order valence-corrected chi connectivity index (χ3v) is 5.79. The summed E-state index contributed by atoms with van der Waals surface area (Å²) in [5.74, 6) is -0.410. The Hall–Kier alpha value is -2.90. The fourth-order valence-electron chi connectivity index (χ4n) is 3.95. The molecule has 2 fully saturated rings. The van der Waals surface area contributed by atoms with Crippen molar-refractivity contribution in [2.75, 3.05) is 13.2 Å². The average molecular weight is 416 g/mol. The van der Waals surface area contributed by atoms with E-state index in [1.54, 1.807) is 24.3 Å². The summed E-state index contributed by atoms with van der Waals surface area (Å²) in [6.45, 7) is 5.45. The number of hydrogen-bond donors (Lipinski definition) is 1. The molecule has 0 radical (unpaired) electrons. The number of benzene rings is 1. The van der Waals surface area contributed by atoms with Gasteiger partial charge in [-0.15, -0.1) is 0 Å². The lowest BCUT2D eigenvalue weighted by Gasteiger charge is -2.33. The molecule has 3 rings (SSSR count). The van der Waals surface area contributed by atoms with Gasteiger partial charge in [0, 0.05) is 5.56 Å². The Morgan fingerprint density at radius 2 is 1.83 bits per heavy atom. The normalized spacial score (nSPS) is 24.5. The van der Waals surface area contributed by atoms with Crippen molar-refractivity contribution in [2.24, 2.45) is 5.92 Å². The van der Waals surface area contributed by atoms with E-state index in [2.05, 4.69) is 12.2 Å². The summed E-state index contributed by atoms with van der Waals surface area (Å²) in [7, 11) is 0. The molecule has 1 aliphatic heterocycles. The van der Waals surface area contributed by atoms with Gasteiger partial charge in [0.25, 0.3) is 5.91 Å². The number of imide groups is 1. The second-order valence-electron chi connectivity index (χ2n) is 8.04. The Morgan fingerprint density at radius 3 is 2.43 bits per heavy atom. The molecule has 1 saturated heterocycles. The molecular formula is C22H28N2O6. The van der Waals surface area contributed by atoms with Gasteiger partial charge in [-0.25, -0.2) is 4.79 Å². The number of ether oxygens (including phenoxy) is 2. The molecule has 30 heavy (non-hydrogen) atoms. The Bertz CT molecular complexity index is 827. The largest absolute Gasteiger partial charge is 0.494 e. The zero-order valence-corrected chi connectivity index (χ0v) is 17.6. The maximum Gasteiger partial charge on any atom is 0.326 e. The lowest BCUT2D eigenvalue weighted by molar-refractivity contribution is -0.150. The Morgan fingerprint density at radius 1 is 1.20 bits per heavy atom. The van der Waals surface area contributed by atoms with Crippen LogP contribution in [-0.4, -0.2) is 53.4 Å². The number of carbonyl (C=O) groups excluding carboxylic acids is 4. The predicted octanol–water partition coefficient (Wildman–Crippen LogP) is 2.70. The van der Waals surface area contributed by atoms with Crippen molar-refractivity contribution in [3.63, 3.8) is 0 Å². The van der Waals surface area contributed by atoms with Crippen molar-refractivity contribution in [3.05, 3.63) is 29.8 Å². The SMILES string of the molecule is CCOc1ccc(C(=O)[C@@H](C)OC(=O)CN2C(=O)NC3(CCC(C)CC3)C2=O)cc1. The van der Waals surface area contributed by atoms with Gasteiger partial charge in [0.1, 0.15) is 17.8 Å². The van der Waals surface area contributed by atoms with E-state index < -0.39 is 30.2 Å². The number of esters is 1. The van der Waals surface area contributed by atoms with E-state index >= 15 is 0 Å². The minimum absolute atomic E-state index is 0.374. The third kappa shape index (κ3) is 4.47. The van der Waals surface area contributed by atoms with Crippen LogP contribution in [-0.2, 0) is 14.3 Å². The molecule has 1 heterocycles. The fraction of sp³-hybridized carbons (Fsp3) is 0.545. The zero-order chi connectivity index (χ0) is 21.9. The molecule has 1 N–H and O–H groups in total. The first kappa shape index (κ1) is 21.8. The van der Waals surface area contributed by atoms with Gasteiger partial charge < -0.3 is 14.8 Å². The first-order chi connectivity index (χ1) is 14.3. The molecule has 0 aromatic heterocycles. The molecule has 3 amide bonds. The van der Waals surface area contributed by atoms with Gasteiger partial charge in [-0.1, -0.05) is 6.92 Å². The van der Waals surface area contributed by atoms with Gasteiger partial charge in [0.2, 0.25) is 5.78 Å². The lowest BCUT2D eigenvalue weighted by atomic mass is 9.77. The molecule has 1 aromatic rings. The Balaban J connectivity index is 1.57. The maximum absolute atomic E-state index is 12.8. The number of amides is 3. The van der Waals surface area contributed by atoms with E-state index in [1.165, 1.54) is 6.92 Å². The first-order valence-electron chi connectivity index (χ1n) is 10.4. The number of nitrogens with zero attached hydrogens (tertiary/aromatic N) is 1. The molecule has 1 atom stereocenters. The molecule has 0 bridgehead atoms. The van der Waals surface area contributed by atoms with Crippen LogP contribution in [0.4, 0.5) is 4.79 Å². The zero-order valence-electron chi connectivity index (χ0n) is 17.6. The number of nitrogens with one attached hydrogen (secondary N) is 1. The minimum atomic E-state index is -1.04. The fourth-order valence-corrected chi connectivity index (χ4v) is 3.95. The van der Waals surface area contributed by atoms with Crippen LogP contribution < -0.4 is 10.1 Å². The molecule has 162 valence electrons. The van der Waals surface area contributed by atoms with E-state index in [1.807, 2.05) is 6.92 Å². The number of urea groups is 1. The molecule has 0 unspecified atom stereocenters. The molecular weight excluding hydrogens is 388 g/mol. The maximum atomic E-state index is 12.8. The van der Waals surface area contributed by atoms with Crippen LogP contribution in [0.1, 0.15) is 56.8 Å². The van der Waals surface area contributed by atoms with Crippen molar-refractivity contribution in [1.29, 1.82) is 0 Å². The van der Waals surface area contributed by atoms with Crippen molar-refractivity contribution in [2.45, 2.75) is 58.1 Å². The van der Waals surface area contributed by atoms with Crippen molar-refractivity contribution < 1.29 is 28.7 Å². The third-order valence-electron chi connectivity index (χ3n) is 5.79. The minimum Gasteiger partial charge on any atom is -0.494 e. The summed E-state index contributed by atoms with van der Waals surface area (Å²) in [6, 6.07) is 5.95. The van der Waals surface area contributed by atoms with Crippen LogP contribution in [0.5, 0.6) is 5.75 Å². The van der Waals surface area contributed by atoms with E-state index in [4.69, 9.17) is 9.47 Å². The molecule has 1 spiro atoms. The highest BCUT2D eigenvalue weighted by molar-refractivity contribution is 6.09. The van der Waals surface area contributed by atoms with E-state index in [0.717, 1.165) is 17.7 Å². The van der Waals surface area contributed by atoms with E-state index in [-0.39, 0.29) is 11.7 Å². The van der Waals surface area contributed by atoms with Crippen LogP contribution in [0.15, 0.2) is 24.3 Å². The summed E-state index contributed by atoms with van der Waals surface area (Å²) in [5.41, 5.74) is -0.530. The van der Waals surface area contributed by atoms with Crippen LogP contribution >= 0.6 is 0 Å². The van der Waals surface area contributed by atoms with Crippen molar-refractivity contribution in [1.82, 2.24) is 10.2 Å². The monoisotopic (exact) mass is 416 g/mol. The summed E-state index contributed by atoms with van der Waals surface area (Å²) in [5, 5.41) is 2.76. The highest BCUT2D eigenvalue weighted by atomic mass is 16.5. The van der Waals surface area contributed by atoms with Gasteiger partial charge in [0.15, 0.2) is 6.10 Å². The quantitative estimate of drug-likeness (QED) is 0.417. The molecule has 1 aromatic carbocycles. The molecule has 1 saturated carbocycles. The highest BCUT2D eigenvalue weighted by Gasteiger charge is 2.52. The van der Waals surface area contributed by atoms with Crippen LogP contribution in [0, 0.1) is 5.92 Å². The Kier molecular flexibility index (Phi) is 6.43. The molecule has 8 heteroatoms. The second-order valence-corrected chi connectivity index (χ2v) is 8.04. The van der Waals surface area contributed by atoms with Gasteiger partial charge in [-0.2, -0.15) is 0 Å². The highest BCUT2D eigenvalue weighted by Crippen LogP contribution is 2.36. The van der Waals surface area contributed by atoms with Crippen LogP contribution in [0.3, 0.4) is 0 Å². The molecule has 2 aliphatic rings. The van der Waals surface area contributed by atoms with Crippen molar-refractivity contribution in [3.8, 4) is 5.75 Å². The smallest absolute Gasteiger partial charge is 0.326 e.